The number of aromatic nitrogens is 1. The van der Waals surface area contributed by atoms with Crippen LogP contribution in [0.4, 0.5) is 5.13 Å². The molecule has 1 saturated carbocycles. The lowest BCUT2D eigenvalue weighted by atomic mass is 10.2. The van der Waals surface area contributed by atoms with Crippen molar-refractivity contribution in [3.8, 4) is 11.3 Å². The Morgan fingerprint density at radius 3 is 2.74 bits per heavy atom. The number of amides is 1. The zero-order chi connectivity index (χ0) is 13.4. The Morgan fingerprint density at radius 1 is 1.42 bits per heavy atom. The van der Waals surface area contributed by atoms with E-state index >= 15 is 0 Å². The third-order valence-corrected chi connectivity index (χ3v) is 4.33. The van der Waals surface area contributed by atoms with E-state index in [1.54, 1.807) is 0 Å². The van der Waals surface area contributed by atoms with Crippen molar-refractivity contribution in [2.24, 2.45) is 11.8 Å². The molecule has 0 unspecified atom stereocenters. The van der Waals surface area contributed by atoms with Crippen molar-refractivity contribution in [2.45, 2.75) is 13.3 Å². The summed E-state index contributed by atoms with van der Waals surface area (Å²) in [6.07, 6.45) is 0.987. The van der Waals surface area contributed by atoms with Crippen LogP contribution in [-0.4, -0.2) is 10.9 Å². The zero-order valence-electron chi connectivity index (χ0n) is 10.4. The van der Waals surface area contributed by atoms with E-state index < -0.39 is 0 Å². The summed E-state index contributed by atoms with van der Waals surface area (Å²) in [4.78, 5) is 16.2. The van der Waals surface area contributed by atoms with Crippen molar-refractivity contribution in [3.05, 3.63) is 34.7 Å². The van der Waals surface area contributed by atoms with Gasteiger partial charge in [0.1, 0.15) is 0 Å². The second-order valence-electron chi connectivity index (χ2n) is 4.85. The number of halogens is 1. The highest BCUT2D eigenvalue weighted by Crippen LogP contribution is 2.38. The van der Waals surface area contributed by atoms with E-state index in [9.17, 15) is 4.79 Å². The number of carbonyl (C=O) groups is 1. The predicted molar refractivity (Wildman–Crippen MR) is 78.5 cm³/mol. The highest BCUT2D eigenvalue weighted by molar-refractivity contribution is 7.14. The van der Waals surface area contributed by atoms with Gasteiger partial charge < -0.3 is 5.32 Å². The lowest BCUT2D eigenvalue weighted by Crippen LogP contribution is -2.14. The molecule has 0 aliphatic heterocycles. The minimum absolute atomic E-state index is 0.0875. The topological polar surface area (TPSA) is 42.0 Å². The number of nitrogens with one attached hydrogen (secondary N) is 1. The number of rotatable bonds is 3. The highest BCUT2D eigenvalue weighted by Gasteiger charge is 2.39. The molecule has 0 radical (unpaired) electrons. The lowest BCUT2D eigenvalue weighted by Gasteiger charge is -1.99. The van der Waals surface area contributed by atoms with Crippen LogP contribution in [-0.2, 0) is 4.79 Å². The smallest absolute Gasteiger partial charge is 0.229 e. The van der Waals surface area contributed by atoms with Crippen LogP contribution in [0.25, 0.3) is 11.3 Å². The number of carbonyl (C=O) groups excluding carboxylic acids is 1. The second-order valence-corrected chi connectivity index (χ2v) is 6.15. The van der Waals surface area contributed by atoms with Crippen LogP contribution in [0.2, 0.25) is 5.02 Å². The molecule has 1 fully saturated rings. The first-order valence-corrected chi connectivity index (χ1v) is 7.41. The van der Waals surface area contributed by atoms with Crippen molar-refractivity contribution in [3.63, 3.8) is 0 Å². The summed E-state index contributed by atoms with van der Waals surface area (Å²) in [6, 6.07) is 7.51. The molecular weight excluding hydrogens is 280 g/mol. The standard InChI is InChI=1S/C14H13ClN2OS/c1-8-6-11(8)13(18)17-14-16-12(7-19-14)9-2-4-10(15)5-3-9/h2-5,7-8,11H,6H2,1H3,(H,16,17,18)/t8-,11+/m0/s1. The Labute approximate surface area is 120 Å². The molecule has 0 saturated heterocycles. The van der Waals surface area contributed by atoms with Gasteiger partial charge in [0.05, 0.1) is 5.69 Å². The molecule has 1 aromatic heterocycles. The van der Waals surface area contributed by atoms with Gasteiger partial charge in [-0.05, 0) is 24.5 Å². The fraction of sp³-hybridized carbons (Fsp3) is 0.286. The normalized spacial score (nSPS) is 21.2. The SMILES string of the molecule is C[C@H]1C[C@H]1C(=O)Nc1nc(-c2ccc(Cl)cc2)cs1. The lowest BCUT2D eigenvalue weighted by molar-refractivity contribution is -0.117. The monoisotopic (exact) mass is 292 g/mol. The maximum Gasteiger partial charge on any atom is 0.229 e. The third-order valence-electron chi connectivity index (χ3n) is 3.32. The van der Waals surface area contributed by atoms with E-state index in [2.05, 4.69) is 17.2 Å². The summed E-state index contributed by atoms with van der Waals surface area (Å²) in [5, 5.41) is 6.18. The molecule has 1 heterocycles. The summed E-state index contributed by atoms with van der Waals surface area (Å²) in [7, 11) is 0. The zero-order valence-corrected chi connectivity index (χ0v) is 12.0. The Morgan fingerprint density at radius 2 is 2.11 bits per heavy atom. The number of hydrogen-bond acceptors (Lipinski definition) is 3. The van der Waals surface area contributed by atoms with Gasteiger partial charge in [0.2, 0.25) is 5.91 Å². The first kappa shape index (κ1) is 12.6. The van der Waals surface area contributed by atoms with Gasteiger partial charge in [-0.2, -0.15) is 0 Å². The van der Waals surface area contributed by atoms with E-state index in [0.717, 1.165) is 17.7 Å². The number of thiazole rings is 1. The average molecular weight is 293 g/mol. The van der Waals surface area contributed by atoms with Crippen LogP contribution in [0.15, 0.2) is 29.6 Å². The maximum atomic E-state index is 11.8. The van der Waals surface area contributed by atoms with Crippen LogP contribution in [0.1, 0.15) is 13.3 Å². The number of anilines is 1. The largest absolute Gasteiger partial charge is 0.302 e. The third kappa shape index (κ3) is 2.80. The predicted octanol–water partition coefficient (Wildman–Crippen LogP) is 4.06. The Kier molecular flexibility index (Phi) is 3.29. The second kappa shape index (κ2) is 4.94. The number of nitrogens with zero attached hydrogens (tertiary/aromatic N) is 1. The molecular formula is C14H13ClN2OS. The molecule has 98 valence electrons. The average Bonchev–Trinajstić information content (AvgIpc) is 2.95. The summed E-state index contributed by atoms with van der Waals surface area (Å²) in [6.45, 7) is 2.09. The molecule has 1 N–H and O–H groups in total. The van der Waals surface area contributed by atoms with Crippen LogP contribution < -0.4 is 5.32 Å². The van der Waals surface area contributed by atoms with E-state index in [1.807, 2.05) is 29.6 Å². The Balaban J connectivity index is 1.72. The van der Waals surface area contributed by atoms with Crippen molar-refractivity contribution >= 4 is 34.0 Å². The highest BCUT2D eigenvalue weighted by atomic mass is 35.5. The minimum Gasteiger partial charge on any atom is -0.302 e. The molecule has 3 rings (SSSR count). The quantitative estimate of drug-likeness (QED) is 0.927. The van der Waals surface area contributed by atoms with E-state index in [-0.39, 0.29) is 11.8 Å². The van der Waals surface area contributed by atoms with Gasteiger partial charge in [-0.1, -0.05) is 30.7 Å². The van der Waals surface area contributed by atoms with Crippen molar-refractivity contribution in [1.29, 1.82) is 0 Å². The van der Waals surface area contributed by atoms with Gasteiger partial charge >= 0.3 is 0 Å². The fourth-order valence-corrected chi connectivity index (χ4v) is 2.82. The van der Waals surface area contributed by atoms with Crippen LogP contribution in [0.3, 0.4) is 0 Å². The molecule has 1 amide bonds. The molecule has 2 atom stereocenters. The molecule has 5 heteroatoms. The minimum atomic E-state index is 0.0875. The Hall–Kier alpha value is -1.39. The first-order chi connectivity index (χ1) is 9.13. The van der Waals surface area contributed by atoms with Crippen LogP contribution in [0.5, 0.6) is 0 Å². The van der Waals surface area contributed by atoms with Crippen molar-refractivity contribution < 1.29 is 4.79 Å². The molecule has 1 aliphatic carbocycles. The van der Waals surface area contributed by atoms with E-state index in [0.29, 0.717) is 16.1 Å². The number of benzene rings is 1. The van der Waals surface area contributed by atoms with Crippen molar-refractivity contribution in [1.82, 2.24) is 4.98 Å². The van der Waals surface area contributed by atoms with E-state index in [4.69, 9.17) is 11.6 Å². The Bertz CT molecular complexity index is 608. The van der Waals surface area contributed by atoms with Gasteiger partial charge in [0, 0.05) is 21.9 Å². The molecule has 1 aliphatic rings. The van der Waals surface area contributed by atoms with Gasteiger partial charge in [0.15, 0.2) is 5.13 Å². The first-order valence-electron chi connectivity index (χ1n) is 6.16. The molecule has 1 aromatic carbocycles. The summed E-state index contributed by atoms with van der Waals surface area (Å²) < 4.78 is 0. The molecule has 0 bridgehead atoms. The summed E-state index contributed by atoms with van der Waals surface area (Å²) in [5.74, 6) is 0.767. The fourth-order valence-electron chi connectivity index (χ4n) is 1.97. The van der Waals surface area contributed by atoms with Crippen LogP contribution in [0, 0.1) is 11.8 Å². The molecule has 3 nitrogen and oxygen atoms in total. The number of hydrogen-bond donors (Lipinski definition) is 1. The molecule has 19 heavy (non-hydrogen) atoms. The van der Waals surface area contributed by atoms with Gasteiger partial charge in [0.25, 0.3) is 0 Å². The molecule has 2 aromatic rings. The van der Waals surface area contributed by atoms with E-state index in [1.165, 1.54) is 11.3 Å². The molecule has 0 spiro atoms. The van der Waals surface area contributed by atoms with Crippen LogP contribution >= 0.6 is 22.9 Å². The van der Waals surface area contributed by atoms with Gasteiger partial charge in [-0.3, -0.25) is 4.79 Å². The summed E-state index contributed by atoms with van der Waals surface area (Å²) >= 11 is 7.30. The van der Waals surface area contributed by atoms with Gasteiger partial charge in [-0.25, -0.2) is 4.98 Å². The van der Waals surface area contributed by atoms with Gasteiger partial charge in [-0.15, -0.1) is 11.3 Å². The maximum absolute atomic E-state index is 11.8. The van der Waals surface area contributed by atoms with Crippen molar-refractivity contribution in [2.75, 3.05) is 5.32 Å². The summed E-state index contributed by atoms with van der Waals surface area (Å²) in [5.41, 5.74) is 1.86.